The van der Waals surface area contributed by atoms with Gasteiger partial charge in [-0.05, 0) is 42.0 Å². The molecule has 7 rings (SSSR count). The van der Waals surface area contributed by atoms with Crippen LogP contribution in [0.2, 0.25) is 0 Å². The Bertz CT molecular complexity index is 1590. The van der Waals surface area contributed by atoms with Gasteiger partial charge in [-0.25, -0.2) is 9.78 Å². The highest BCUT2D eigenvalue weighted by Crippen LogP contribution is 2.58. The van der Waals surface area contributed by atoms with Crippen LogP contribution in [0.5, 0.6) is 5.75 Å². The second kappa shape index (κ2) is 9.87. The van der Waals surface area contributed by atoms with Crippen molar-refractivity contribution in [2.24, 2.45) is 5.92 Å². The first-order valence-corrected chi connectivity index (χ1v) is 14.3. The molecule has 218 valence electrons. The molecule has 1 unspecified atom stereocenters. The monoisotopic (exact) mass is 572 g/mol. The van der Waals surface area contributed by atoms with E-state index in [-0.39, 0.29) is 35.6 Å². The van der Waals surface area contributed by atoms with Crippen molar-refractivity contribution in [3.63, 3.8) is 0 Å². The van der Waals surface area contributed by atoms with Gasteiger partial charge < -0.3 is 34.6 Å². The van der Waals surface area contributed by atoms with Gasteiger partial charge in [0.1, 0.15) is 29.4 Å². The largest absolute Gasteiger partial charge is 0.469 e. The van der Waals surface area contributed by atoms with E-state index in [0.29, 0.717) is 18.8 Å². The number of aromatic nitrogens is 1. The van der Waals surface area contributed by atoms with E-state index in [1.54, 1.807) is 0 Å². The molecule has 42 heavy (non-hydrogen) atoms. The lowest BCUT2D eigenvalue weighted by atomic mass is 9.72. The molecule has 1 aromatic heterocycles. The van der Waals surface area contributed by atoms with Crippen LogP contribution in [0.1, 0.15) is 71.6 Å². The first-order chi connectivity index (χ1) is 20.3. The lowest BCUT2D eigenvalue weighted by Gasteiger charge is -2.29. The number of ether oxygens (including phenoxy) is 3. The number of rotatable bonds is 4. The number of oxazole rings is 1. The van der Waals surface area contributed by atoms with Crippen molar-refractivity contribution >= 4 is 23.5 Å². The highest BCUT2D eigenvalue weighted by atomic mass is 16.5. The fourth-order valence-electron chi connectivity index (χ4n) is 6.59. The predicted molar refractivity (Wildman–Crippen MR) is 149 cm³/mol. The van der Waals surface area contributed by atoms with Crippen LogP contribution in [-0.4, -0.2) is 54.9 Å². The summed E-state index contributed by atoms with van der Waals surface area (Å²) in [6.45, 7) is 4.36. The fourth-order valence-corrected chi connectivity index (χ4v) is 6.59. The average molecular weight is 573 g/mol. The summed E-state index contributed by atoms with van der Waals surface area (Å²) in [5.74, 6) is -0.473. The van der Waals surface area contributed by atoms with Crippen molar-refractivity contribution in [3.05, 3.63) is 76.5 Å². The van der Waals surface area contributed by atoms with Crippen LogP contribution in [-0.2, 0) is 30.9 Å². The second-order valence-corrected chi connectivity index (χ2v) is 11.5. The number of methoxy groups -OCH3 is 1. The molecule has 11 heteroatoms. The number of amides is 2. The topological polar surface area (TPSA) is 141 Å². The van der Waals surface area contributed by atoms with Crippen LogP contribution >= 0.6 is 0 Å². The summed E-state index contributed by atoms with van der Waals surface area (Å²) in [7, 11) is 1.30. The fraction of sp³-hybridized carbons (Fsp3) is 0.419. The average Bonchev–Trinajstić information content (AvgIpc) is 3.77. The number of esters is 1. The number of benzene rings is 2. The Kier molecular flexibility index (Phi) is 6.23. The van der Waals surface area contributed by atoms with Gasteiger partial charge in [-0.2, -0.15) is 0 Å². The van der Waals surface area contributed by atoms with Crippen LogP contribution in [0.15, 0.2) is 46.9 Å². The van der Waals surface area contributed by atoms with Gasteiger partial charge in [0.2, 0.25) is 17.7 Å². The van der Waals surface area contributed by atoms with Crippen molar-refractivity contribution < 1.29 is 33.0 Å². The summed E-state index contributed by atoms with van der Waals surface area (Å²) in [6, 6.07) is 11.9. The smallest absolute Gasteiger partial charge is 0.360 e. The number of anilines is 1. The van der Waals surface area contributed by atoms with E-state index in [4.69, 9.17) is 18.6 Å². The van der Waals surface area contributed by atoms with Crippen molar-refractivity contribution in [3.8, 4) is 5.75 Å². The zero-order valence-electron chi connectivity index (χ0n) is 23.6. The summed E-state index contributed by atoms with van der Waals surface area (Å²) < 4.78 is 23.8. The van der Waals surface area contributed by atoms with Crippen LogP contribution in [0, 0.1) is 5.92 Å². The van der Waals surface area contributed by atoms with E-state index in [1.807, 2.05) is 56.3 Å². The lowest BCUT2D eigenvalue weighted by molar-refractivity contribution is -0.135. The predicted octanol–water partition coefficient (Wildman–Crippen LogP) is 2.97. The van der Waals surface area contributed by atoms with Gasteiger partial charge in [0.05, 0.1) is 7.11 Å². The molecule has 11 nitrogen and oxygen atoms in total. The van der Waals surface area contributed by atoms with Gasteiger partial charge >= 0.3 is 5.97 Å². The zero-order valence-corrected chi connectivity index (χ0v) is 23.6. The maximum absolute atomic E-state index is 13.8. The van der Waals surface area contributed by atoms with Crippen LogP contribution in [0.25, 0.3) is 0 Å². The van der Waals surface area contributed by atoms with Crippen molar-refractivity contribution in [1.29, 1.82) is 0 Å². The second-order valence-electron chi connectivity index (χ2n) is 11.5. The standard InChI is InChI=1S/C31H32N4O7/c1-15(2)23-28-35-24(29(38)39-3)25(42-28)31-17-7-4-5-8-19(17)33-30(31)41-21-11-10-16(13-18(21)31)14-20(26(36)34-23)32-27(37)22-9-6-12-40-22/h4-5,7-8,10-11,13,15,20,22-23,30,33H,6,9,12,14H2,1-3H3,(H,32,37)(H,34,36)/t20-,22+,23-,30-,31?/m0/s1. The highest BCUT2D eigenvalue weighted by Gasteiger charge is 2.61. The Morgan fingerprint density at radius 2 is 1.98 bits per heavy atom. The highest BCUT2D eigenvalue weighted by molar-refractivity contribution is 5.91. The third-order valence-electron chi connectivity index (χ3n) is 8.65. The van der Waals surface area contributed by atoms with Gasteiger partial charge in [0.25, 0.3) is 0 Å². The minimum atomic E-state index is -1.07. The summed E-state index contributed by atoms with van der Waals surface area (Å²) in [5.41, 5.74) is 2.22. The van der Waals surface area contributed by atoms with Crippen molar-refractivity contribution in [1.82, 2.24) is 15.6 Å². The summed E-state index contributed by atoms with van der Waals surface area (Å²) in [4.78, 5) is 44.8. The van der Waals surface area contributed by atoms with Gasteiger partial charge in [-0.1, -0.05) is 44.2 Å². The Labute approximate surface area is 242 Å². The van der Waals surface area contributed by atoms with Gasteiger partial charge in [-0.15, -0.1) is 0 Å². The third kappa shape index (κ3) is 3.90. The van der Waals surface area contributed by atoms with Gasteiger partial charge in [0.15, 0.2) is 17.7 Å². The molecular weight excluding hydrogens is 540 g/mol. The molecule has 5 heterocycles. The molecule has 4 aliphatic rings. The number of carbonyl (C=O) groups is 3. The van der Waals surface area contributed by atoms with E-state index in [1.165, 1.54) is 7.11 Å². The number of nitrogens with one attached hydrogen (secondary N) is 3. The third-order valence-corrected chi connectivity index (χ3v) is 8.65. The number of nitrogens with zero attached hydrogens (tertiary/aromatic N) is 1. The molecule has 1 fully saturated rings. The molecule has 0 aliphatic carbocycles. The number of carbonyl (C=O) groups excluding carboxylic acids is 3. The Hall–Kier alpha value is -4.38. The first-order valence-electron chi connectivity index (χ1n) is 14.3. The maximum atomic E-state index is 13.8. The van der Waals surface area contributed by atoms with E-state index < -0.39 is 41.7 Å². The molecule has 3 N–H and O–H groups in total. The number of para-hydroxylation sites is 1. The first kappa shape index (κ1) is 26.5. The van der Waals surface area contributed by atoms with E-state index in [9.17, 15) is 14.4 Å². The molecule has 5 atom stereocenters. The Morgan fingerprint density at radius 1 is 1.14 bits per heavy atom. The SMILES string of the molecule is COC(=O)c1nc2oc1C13c4ccccc4N[C@H]1Oc1ccc(cc13)C[C@H](NC(=O)[C@H]1CCCO1)C(=O)N[C@H]2C(C)C. The molecule has 4 aliphatic heterocycles. The van der Waals surface area contributed by atoms with Gasteiger partial charge in [-0.3, -0.25) is 9.59 Å². The molecule has 1 spiro atoms. The molecule has 2 amide bonds. The molecule has 2 aromatic carbocycles. The number of fused-ring (bicyclic) bond motifs is 4. The number of hydrogen-bond donors (Lipinski definition) is 3. The molecule has 0 saturated carbocycles. The maximum Gasteiger partial charge on any atom is 0.360 e. The van der Waals surface area contributed by atoms with Crippen molar-refractivity contribution in [2.75, 3.05) is 19.0 Å². The van der Waals surface area contributed by atoms with Crippen molar-refractivity contribution in [2.45, 2.75) is 62.9 Å². The molecular formula is C31H32N4O7. The Morgan fingerprint density at radius 3 is 2.74 bits per heavy atom. The van der Waals surface area contributed by atoms with Gasteiger partial charge in [0, 0.05) is 24.3 Å². The minimum absolute atomic E-state index is 0.0141. The van der Waals surface area contributed by atoms with Crippen LogP contribution < -0.4 is 20.7 Å². The van der Waals surface area contributed by atoms with E-state index in [0.717, 1.165) is 28.8 Å². The quantitative estimate of drug-likeness (QED) is 0.403. The lowest BCUT2D eigenvalue weighted by Crippen LogP contribution is -2.51. The summed E-state index contributed by atoms with van der Waals surface area (Å²) in [5, 5.41) is 9.43. The van der Waals surface area contributed by atoms with E-state index >= 15 is 0 Å². The summed E-state index contributed by atoms with van der Waals surface area (Å²) in [6.07, 6.45) is 0.415. The number of hydrogen-bond acceptors (Lipinski definition) is 9. The minimum Gasteiger partial charge on any atom is -0.469 e. The molecule has 1 saturated heterocycles. The zero-order chi connectivity index (χ0) is 29.2. The molecule has 0 radical (unpaired) electrons. The Balaban J connectivity index is 1.44. The van der Waals surface area contributed by atoms with E-state index in [2.05, 4.69) is 20.9 Å². The normalized spacial score (nSPS) is 27.1. The summed E-state index contributed by atoms with van der Waals surface area (Å²) >= 11 is 0. The molecule has 3 aromatic rings. The van der Waals surface area contributed by atoms with Crippen LogP contribution in [0.4, 0.5) is 5.69 Å². The molecule has 4 bridgehead atoms. The van der Waals surface area contributed by atoms with Crippen LogP contribution in [0.3, 0.4) is 0 Å².